The van der Waals surface area contributed by atoms with Crippen LogP contribution >= 0.6 is 0 Å². The van der Waals surface area contributed by atoms with E-state index in [9.17, 15) is 4.79 Å². The Labute approximate surface area is 160 Å². The quantitative estimate of drug-likeness (QED) is 0.770. The third-order valence-electron chi connectivity index (χ3n) is 5.05. The van der Waals surface area contributed by atoms with Gasteiger partial charge in [-0.05, 0) is 56.5 Å². The topological polar surface area (TPSA) is 48.0 Å². The van der Waals surface area contributed by atoms with E-state index >= 15 is 0 Å². The van der Waals surface area contributed by atoms with Crippen LogP contribution in [0.25, 0.3) is 0 Å². The van der Waals surface area contributed by atoms with E-state index in [0.29, 0.717) is 0 Å². The first kappa shape index (κ1) is 19.1. The number of amides is 1. The summed E-state index contributed by atoms with van der Waals surface area (Å²) >= 11 is 0. The number of benzene rings is 2. The number of hydrogen-bond acceptors (Lipinski definition) is 4. The number of ether oxygens (including phenoxy) is 3. The number of likely N-dealkylation sites (tertiary alicyclic amines) is 1. The maximum absolute atomic E-state index is 12.9. The highest BCUT2D eigenvalue weighted by atomic mass is 16.5. The number of rotatable bonds is 6. The largest absolute Gasteiger partial charge is 0.497 e. The molecule has 1 atom stereocenters. The van der Waals surface area contributed by atoms with E-state index in [4.69, 9.17) is 14.2 Å². The summed E-state index contributed by atoms with van der Waals surface area (Å²) in [5.74, 6) is 2.28. The van der Waals surface area contributed by atoms with E-state index < -0.39 is 0 Å². The molecule has 5 heteroatoms. The molecule has 1 heterocycles. The van der Waals surface area contributed by atoms with Gasteiger partial charge >= 0.3 is 0 Å². The third kappa shape index (κ3) is 4.18. The van der Waals surface area contributed by atoms with Crippen molar-refractivity contribution in [3.63, 3.8) is 0 Å². The molecule has 0 N–H and O–H groups in total. The molecule has 0 radical (unpaired) electrons. The Bertz CT molecular complexity index is 818. The van der Waals surface area contributed by atoms with Crippen molar-refractivity contribution in [2.24, 2.45) is 0 Å². The van der Waals surface area contributed by atoms with E-state index in [2.05, 4.69) is 6.07 Å². The Morgan fingerprint density at radius 1 is 1.07 bits per heavy atom. The molecule has 2 aromatic carbocycles. The normalized spacial score (nSPS) is 16.3. The predicted molar refractivity (Wildman–Crippen MR) is 105 cm³/mol. The lowest BCUT2D eigenvalue weighted by atomic mass is 10.0. The molecular weight excluding hydrogens is 342 g/mol. The zero-order chi connectivity index (χ0) is 19.4. The Balaban J connectivity index is 1.75. The Kier molecular flexibility index (Phi) is 5.89. The average molecular weight is 369 g/mol. The molecule has 0 bridgehead atoms. The Morgan fingerprint density at radius 3 is 2.56 bits per heavy atom. The summed E-state index contributed by atoms with van der Waals surface area (Å²) in [5, 5.41) is 0. The molecule has 27 heavy (non-hydrogen) atoms. The van der Waals surface area contributed by atoms with Gasteiger partial charge in [-0.1, -0.05) is 17.7 Å². The van der Waals surface area contributed by atoms with E-state index in [1.165, 1.54) is 5.56 Å². The molecular formula is C22H27NO4. The van der Waals surface area contributed by atoms with Crippen LogP contribution in [0.2, 0.25) is 0 Å². The molecule has 1 aliphatic rings. The van der Waals surface area contributed by atoms with Crippen LogP contribution < -0.4 is 14.2 Å². The number of carbonyl (C=O) groups is 1. The van der Waals surface area contributed by atoms with Crippen molar-refractivity contribution in [2.45, 2.75) is 32.7 Å². The maximum Gasteiger partial charge on any atom is 0.261 e. The molecule has 2 aromatic rings. The van der Waals surface area contributed by atoms with Gasteiger partial charge in [0.05, 0.1) is 20.3 Å². The first-order chi connectivity index (χ1) is 13.0. The second-order valence-corrected chi connectivity index (χ2v) is 6.91. The highest BCUT2D eigenvalue weighted by molar-refractivity contribution is 5.79. The molecule has 3 rings (SSSR count). The van der Waals surface area contributed by atoms with Crippen molar-refractivity contribution >= 4 is 5.91 Å². The number of hydrogen-bond donors (Lipinski definition) is 0. The van der Waals surface area contributed by atoms with Gasteiger partial charge in [0.15, 0.2) is 6.61 Å². The van der Waals surface area contributed by atoms with Crippen molar-refractivity contribution in [1.82, 2.24) is 4.90 Å². The molecule has 1 aliphatic heterocycles. The predicted octanol–water partition coefficient (Wildman–Crippen LogP) is 4.06. The van der Waals surface area contributed by atoms with Gasteiger partial charge in [0.1, 0.15) is 17.2 Å². The van der Waals surface area contributed by atoms with Gasteiger partial charge in [-0.3, -0.25) is 4.79 Å². The first-order valence-corrected chi connectivity index (χ1v) is 9.25. The van der Waals surface area contributed by atoms with Crippen LogP contribution in [0, 0.1) is 13.8 Å². The number of nitrogens with zero attached hydrogens (tertiary/aromatic N) is 1. The van der Waals surface area contributed by atoms with Gasteiger partial charge in [-0.15, -0.1) is 0 Å². The zero-order valence-corrected chi connectivity index (χ0v) is 16.5. The molecule has 0 aliphatic carbocycles. The minimum atomic E-state index is -0.0229. The highest BCUT2D eigenvalue weighted by Gasteiger charge is 2.32. The highest BCUT2D eigenvalue weighted by Crippen LogP contribution is 2.39. The zero-order valence-electron chi connectivity index (χ0n) is 16.5. The van der Waals surface area contributed by atoms with Crippen molar-refractivity contribution in [3.8, 4) is 17.2 Å². The fourth-order valence-corrected chi connectivity index (χ4v) is 3.67. The van der Waals surface area contributed by atoms with Crippen molar-refractivity contribution in [2.75, 3.05) is 27.4 Å². The molecule has 0 saturated carbocycles. The monoisotopic (exact) mass is 369 g/mol. The van der Waals surface area contributed by atoms with Crippen LogP contribution in [-0.4, -0.2) is 38.2 Å². The van der Waals surface area contributed by atoms with Crippen molar-refractivity contribution in [3.05, 3.63) is 53.1 Å². The second-order valence-electron chi connectivity index (χ2n) is 6.91. The average Bonchev–Trinajstić information content (AvgIpc) is 3.16. The van der Waals surface area contributed by atoms with Crippen LogP contribution in [0.1, 0.15) is 35.6 Å². The molecule has 1 fully saturated rings. The van der Waals surface area contributed by atoms with Crippen LogP contribution in [0.15, 0.2) is 36.4 Å². The summed E-state index contributed by atoms with van der Waals surface area (Å²) in [4.78, 5) is 14.8. The maximum atomic E-state index is 12.9. The van der Waals surface area contributed by atoms with E-state index in [0.717, 1.165) is 47.8 Å². The van der Waals surface area contributed by atoms with E-state index in [1.54, 1.807) is 14.2 Å². The van der Waals surface area contributed by atoms with Crippen molar-refractivity contribution < 1.29 is 19.0 Å². The lowest BCUT2D eigenvalue weighted by Crippen LogP contribution is -2.34. The fraction of sp³-hybridized carbons (Fsp3) is 0.409. The third-order valence-corrected chi connectivity index (χ3v) is 5.05. The second kappa shape index (κ2) is 8.33. The summed E-state index contributed by atoms with van der Waals surface area (Å²) in [6, 6.07) is 11.7. The fourth-order valence-electron chi connectivity index (χ4n) is 3.67. The molecule has 1 amide bonds. The van der Waals surface area contributed by atoms with Gasteiger partial charge in [0, 0.05) is 12.1 Å². The van der Waals surface area contributed by atoms with Gasteiger partial charge in [0.2, 0.25) is 0 Å². The SMILES string of the molecule is COc1ccc(OC)c([C@H]2CCCN2C(=O)COc2ccc(C)cc2C)c1. The van der Waals surface area contributed by atoms with E-state index in [1.807, 2.05) is 49.1 Å². The van der Waals surface area contributed by atoms with Crippen LogP contribution in [-0.2, 0) is 4.79 Å². The van der Waals surface area contributed by atoms with Gasteiger partial charge in [0.25, 0.3) is 5.91 Å². The molecule has 0 aromatic heterocycles. The minimum absolute atomic E-state index is 0.0117. The lowest BCUT2D eigenvalue weighted by molar-refractivity contribution is -0.134. The Hall–Kier alpha value is -2.69. The van der Waals surface area contributed by atoms with Crippen LogP contribution in [0.3, 0.4) is 0 Å². The lowest BCUT2D eigenvalue weighted by Gasteiger charge is -2.27. The van der Waals surface area contributed by atoms with Gasteiger partial charge in [-0.2, -0.15) is 0 Å². The summed E-state index contributed by atoms with van der Waals surface area (Å²) in [6.45, 7) is 4.79. The van der Waals surface area contributed by atoms with Gasteiger partial charge in [-0.25, -0.2) is 0 Å². The summed E-state index contributed by atoms with van der Waals surface area (Å²) in [6.07, 6.45) is 1.86. The Morgan fingerprint density at radius 2 is 1.85 bits per heavy atom. The van der Waals surface area contributed by atoms with Crippen molar-refractivity contribution in [1.29, 1.82) is 0 Å². The van der Waals surface area contributed by atoms with E-state index in [-0.39, 0.29) is 18.6 Å². The number of methoxy groups -OCH3 is 2. The standard InChI is InChI=1S/C22H27NO4/c1-15-7-9-20(16(2)12-15)27-14-22(24)23-11-5-6-19(23)18-13-17(25-3)8-10-21(18)26-4/h7-10,12-13,19H,5-6,11,14H2,1-4H3/t19-/m1/s1. The summed E-state index contributed by atoms with van der Waals surface area (Å²) in [7, 11) is 3.29. The number of aryl methyl sites for hydroxylation is 2. The smallest absolute Gasteiger partial charge is 0.261 e. The minimum Gasteiger partial charge on any atom is -0.497 e. The molecule has 144 valence electrons. The van der Waals surface area contributed by atoms with Gasteiger partial charge < -0.3 is 19.1 Å². The van der Waals surface area contributed by atoms with Crippen LogP contribution in [0.4, 0.5) is 0 Å². The summed E-state index contributed by atoms with van der Waals surface area (Å²) in [5.41, 5.74) is 3.19. The number of carbonyl (C=O) groups excluding carboxylic acids is 1. The molecule has 0 spiro atoms. The molecule has 5 nitrogen and oxygen atoms in total. The summed E-state index contributed by atoms with van der Waals surface area (Å²) < 4.78 is 16.7. The first-order valence-electron chi connectivity index (χ1n) is 9.25. The van der Waals surface area contributed by atoms with Crippen LogP contribution in [0.5, 0.6) is 17.2 Å². The molecule has 1 saturated heterocycles. The molecule has 0 unspecified atom stereocenters.